The number of pyridine rings is 1. The maximum atomic E-state index is 12.9. The van der Waals surface area contributed by atoms with Gasteiger partial charge in [-0.3, -0.25) is 0 Å². The summed E-state index contributed by atoms with van der Waals surface area (Å²) in [5.74, 6) is -0.530. The zero-order valence-electron chi connectivity index (χ0n) is 10.1. The van der Waals surface area contributed by atoms with Crippen LogP contribution < -0.4 is 10.5 Å². The average molecular weight is 262 g/mol. The number of halogens is 1. The number of aromatic nitrogens is 1. The number of hydrogen-bond donors (Lipinski definition) is 1. The molecule has 0 fully saturated rings. The van der Waals surface area contributed by atoms with Crippen molar-refractivity contribution in [1.29, 1.82) is 0 Å². The van der Waals surface area contributed by atoms with Crippen LogP contribution in [0.15, 0.2) is 36.5 Å². The van der Waals surface area contributed by atoms with E-state index in [1.807, 2.05) is 0 Å². The molecule has 6 heteroatoms. The van der Waals surface area contributed by atoms with Crippen LogP contribution in [0, 0.1) is 5.82 Å². The number of benzene rings is 1. The monoisotopic (exact) mass is 262 g/mol. The molecule has 0 saturated heterocycles. The zero-order chi connectivity index (χ0) is 13.8. The summed E-state index contributed by atoms with van der Waals surface area (Å²) >= 11 is 0. The molecule has 98 valence electrons. The van der Waals surface area contributed by atoms with Crippen molar-refractivity contribution in [1.82, 2.24) is 4.98 Å². The number of esters is 1. The van der Waals surface area contributed by atoms with Gasteiger partial charge in [-0.15, -0.1) is 0 Å². The molecule has 2 N–H and O–H groups in total. The van der Waals surface area contributed by atoms with E-state index >= 15 is 0 Å². The highest BCUT2D eigenvalue weighted by Crippen LogP contribution is 2.27. The van der Waals surface area contributed by atoms with E-state index in [1.165, 1.54) is 37.6 Å². The van der Waals surface area contributed by atoms with Crippen LogP contribution in [0.1, 0.15) is 10.4 Å². The van der Waals surface area contributed by atoms with Crippen molar-refractivity contribution >= 4 is 11.7 Å². The Morgan fingerprint density at radius 3 is 2.79 bits per heavy atom. The Balaban J connectivity index is 2.26. The van der Waals surface area contributed by atoms with Crippen LogP contribution in [0.4, 0.5) is 10.1 Å². The Morgan fingerprint density at radius 2 is 2.11 bits per heavy atom. The lowest BCUT2D eigenvalue weighted by Crippen LogP contribution is -2.02. The number of nitrogens with zero attached hydrogens (tertiary/aromatic N) is 1. The summed E-state index contributed by atoms with van der Waals surface area (Å²) in [5.41, 5.74) is 6.05. The van der Waals surface area contributed by atoms with Gasteiger partial charge in [-0.05, 0) is 18.2 Å². The van der Waals surface area contributed by atoms with Gasteiger partial charge in [-0.2, -0.15) is 0 Å². The quantitative estimate of drug-likeness (QED) is 0.679. The number of nitrogen functional groups attached to an aromatic ring is 1. The number of methoxy groups -OCH3 is 1. The predicted octanol–water partition coefficient (Wildman–Crippen LogP) is 2.38. The van der Waals surface area contributed by atoms with Crippen molar-refractivity contribution in [3.05, 3.63) is 47.9 Å². The third kappa shape index (κ3) is 2.98. The highest BCUT2D eigenvalue weighted by atomic mass is 19.1. The molecule has 19 heavy (non-hydrogen) atoms. The molecule has 0 spiro atoms. The number of anilines is 1. The first kappa shape index (κ1) is 12.8. The van der Waals surface area contributed by atoms with Crippen LogP contribution >= 0.6 is 0 Å². The molecule has 0 aliphatic rings. The normalized spacial score (nSPS) is 10.0. The number of ether oxygens (including phenoxy) is 2. The van der Waals surface area contributed by atoms with Gasteiger partial charge in [0.2, 0.25) is 5.88 Å². The van der Waals surface area contributed by atoms with Gasteiger partial charge in [0.25, 0.3) is 0 Å². The summed E-state index contributed by atoms with van der Waals surface area (Å²) < 4.78 is 22.9. The third-order valence-corrected chi connectivity index (χ3v) is 2.34. The Kier molecular flexibility index (Phi) is 3.61. The molecule has 0 atom stereocenters. The number of carbonyl (C=O) groups is 1. The molecule has 2 rings (SSSR count). The predicted molar refractivity (Wildman–Crippen MR) is 66.5 cm³/mol. The number of nitrogens with two attached hydrogens (primary N) is 1. The van der Waals surface area contributed by atoms with Crippen molar-refractivity contribution in [3.8, 4) is 11.6 Å². The molecule has 0 unspecified atom stereocenters. The first-order chi connectivity index (χ1) is 9.10. The topological polar surface area (TPSA) is 74.4 Å². The van der Waals surface area contributed by atoms with E-state index in [0.717, 1.165) is 6.07 Å². The summed E-state index contributed by atoms with van der Waals surface area (Å²) in [6.07, 6.45) is 1.40. The van der Waals surface area contributed by atoms with Crippen LogP contribution in [0.3, 0.4) is 0 Å². The van der Waals surface area contributed by atoms with Crippen molar-refractivity contribution in [2.45, 2.75) is 0 Å². The molecule has 5 nitrogen and oxygen atoms in total. The molecule has 0 aliphatic heterocycles. The van der Waals surface area contributed by atoms with Crippen LogP contribution in [-0.2, 0) is 4.74 Å². The molecule has 0 bridgehead atoms. The lowest BCUT2D eigenvalue weighted by atomic mass is 10.2. The van der Waals surface area contributed by atoms with Gasteiger partial charge in [-0.25, -0.2) is 14.2 Å². The smallest absolute Gasteiger partial charge is 0.338 e. The number of carbonyl (C=O) groups excluding carboxylic acids is 1. The van der Waals surface area contributed by atoms with Gasteiger partial charge in [0.05, 0.1) is 18.4 Å². The van der Waals surface area contributed by atoms with Crippen LogP contribution in [0.5, 0.6) is 11.6 Å². The van der Waals surface area contributed by atoms with Gasteiger partial charge in [-0.1, -0.05) is 0 Å². The first-order valence-corrected chi connectivity index (χ1v) is 5.37. The molecule has 0 radical (unpaired) electrons. The fourth-order valence-electron chi connectivity index (χ4n) is 1.43. The molecule has 2 aromatic rings. The van der Waals surface area contributed by atoms with E-state index in [9.17, 15) is 9.18 Å². The fraction of sp³-hybridized carbons (Fsp3) is 0.0769. The number of rotatable bonds is 3. The molecule has 0 saturated carbocycles. The second-order valence-corrected chi connectivity index (χ2v) is 3.66. The molecular formula is C13H11FN2O3. The lowest BCUT2D eigenvalue weighted by molar-refractivity contribution is 0.0600. The zero-order valence-corrected chi connectivity index (χ0v) is 10.1. The van der Waals surface area contributed by atoms with Crippen molar-refractivity contribution in [3.63, 3.8) is 0 Å². The van der Waals surface area contributed by atoms with Gasteiger partial charge >= 0.3 is 5.97 Å². The Hall–Kier alpha value is -2.63. The second kappa shape index (κ2) is 5.34. The van der Waals surface area contributed by atoms with Crippen LogP contribution in [0.25, 0.3) is 0 Å². The van der Waals surface area contributed by atoms with Crippen LogP contribution in [-0.4, -0.2) is 18.1 Å². The maximum absolute atomic E-state index is 12.9. The van der Waals surface area contributed by atoms with Crippen molar-refractivity contribution in [2.24, 2.45) is 0 Å². The summed E-state index contributed by atoms with van der Waals surface area (Å²) in [6.45, 7) is 0. The summed E-state index contributed by atoms with van der Waals surface area (Å²) in [6, 6.07) is 6.65. The summed E-state index contributed by atoms with van der Waals surface area (Å²) in [7, 11) is 1.28. The van der Waals surface area contributed by atoms with E-state index in [4.69, 9.17) is 10.5 Å². The summed E-state index contributed by atoms with van der Waals surface area (Å²) in [5, 5.41) is 0. The molecule has 1 aromatic carbocycles. The van der Waals surface area contributed by atoms with E-state index in [1.54, 1.807) is 0 Å². The third-order valence-electron chi connectivity index (χ3n) is 2.34. The summed E-state index contributed by atoms with van der Waals surface area (Å²) in [4.78, 5) is 15.3. The molecule has 1 aromatic heterocycles. The molecular weight excluding hydrogens is 251 g/mol. The highest BCUT2D eigenvalue weighted by Gasteiger charge is 2.09. The van der Waals surface area contributed by atoms with Gasteiger partial charge in [0, 0.05) is 18.3 Å². The Morgan fingerprint density at radius 1 is 1.32 bits per heavy atom. The Bertz CT molecular complexity index is 617. The maximum Gasteiger partial charge on any atom is 0.338 e. The molecule has 0 amide bonds. The number of hydrogen-bond acceptors (Lipinski definition) is 5. The fourth-order valence-corrected chi connectivity index (χ4v) is 1.43. The van der Waals surface area contributed by atoms with E-state index < -0.39 is 11.8 Å². The molecule has 1 heterocycles. The minimum Gasteiger partial charge on any atom is -0.465 e. The van der Waals surface area contributed by atoms with Crippen LogP contribution in [0.2, 0.25) is 0 Å². The second-order valence-electron chi connectivity index (χ2n) is 3.66. The van der Waals surface area contributed by atoms with Gasteiger partial charge in [0.1, 0.15) is 5.82 Å². The van der Waals surface area contributed by atoms with Crippen molar-refractivity contribution in [2.75, 3.05) is 12.8 Å². The lowest BCUT2D eigenvalue weighted by Gasteiger charge is -2.08. The van der Waals surface area contributed by atoms with Gasteiger partial charge in [0.15, 0.2) is 5.75 Å². The average Bonchev–Trinajstić information content (AvgIpc) is 2.41. The SMILES string of the molecule is COC(=O)c1ccnc(Oc2ccc(F)cc2N)c1. The largest absolute Gasteiger partial charge is 0.465 e. The standard InChI is InChI=1S/C13H11FN2O3/c1-18-13(17)8-4-5-16-12(6-8)19-11-3-2-9(14)7-10(11)15/h2-7H,15H2,1H3. The first-order valence-electron chi connectivity index (χ1n) is 5.37. The van der Waals surface area contributed by atoms with Gasteiger partial charge < -0.3 is 15.2 Å². The minimum absolute atomic E-state index is 0.144. The van der Waals surface area contributed by atoms with E-state index in [0.29, 0.717) is 5.56 Å². The highest BCUT2D eigenvalue weighted by molar-refractivity contribution is 5.89. The Labute approximate surface area is 108 Å². The van der Waals surface area contributed by atoms with E-state index in [2.05, 4.69) is 9.72 Å². The van der Waals surface area contributed by atoms with Crippen molar-refractivity contribution < 1.29 is 18.7 Å². The van der Waals surface area contributed by atoms with E-state index in [-0.39, 0.29) is 17.3 Å². The molecule has 0 aliphatic carbocycles. The minimum atomic E-state index is -0.501.